The van der Waals surface area contributed by atoms with E-state index in [2.05, 4.69) is 20.2 Å². The second-order valence-electron chi connectivity index (χ2n) is 9.42. The summed E-state index contributed by atoms with van der Waals surface area (Å²) in [7, 11) is 0. The summed E-state index contributed by atoms with van der Waals surface area (Å²) in [6, 6.07) is 23.3. The van der Waals surface area contributed by atoms with E-state index in [0.29, 0.717) is 31.0 Å². The van der Waals surface area contributed by atoms with Gasteiger partial charge >= 0.3 is 5.24 Å². The van der Waals surface area contributed by atoms with Gasteiger partial charge in [0.15, 0.2) is 11.9 Å². The molecular weight excluding hydrogens is 515 g/mol. The van der Waals surface area contributed by atoms with Crippen molar-refractivity contribution in [2.75, 3.05) is 11.9 Å². The van der Waals surface area contributed by atoms with E-state index in [0.717, 1.165) is 22.5 Å². The average Bonchev–Trinajstić information content (AvgIpc) is 3.34. The Bertz CT molecular complexity index is 1460. The van der Waals surface area contributed by atoms with Gasteiger partial charge in [-0.3, -0.25) is 4.79 Å². The summed E-state index contributed by atoms with van der Waals surface area (Å²) in [4.78, 5) is 17.2. The molecule has 1 amide bonds. The third kappa shape index (κ3) is 6.68. The highest BCUT2D eigenvalue weighted by molar-refractivity contribution is 7.79. The van der Waals surface area contributed by atoms with Gasteiger partial charge in [-0.25, -0.2) is 9.37 Å². The maximum Gasteiger partial charge on any atom is 0.358 e. The van der Waals surface area contributed by atoms with Crippen molar-refractivity contribution in [2.45, 2.75) is 38.5 Å². The molecule has 0 radical (unpaired) electrons. The quantitative estimate of drug-likeness (QED) is 0.271. The molecule has 0 fully saturated rings. The fraction of sp³-hybridized carbons (Fsp3) is 0.233. The van der Waals surface area contributed by atoms with E-state index in [1.807, 2.05) is 55.5 Å². The second-order valence-corrected chi connectivity index (χ2v) is 9.75. The van der Waals surface area contributed by atoms with Crippen LogP contribution < -0.4 is 15.4 Å². The van der Waals surface area contributed by atoms with Crippen LogP contribution in [0, 0.1) is 12.7 Å². The van der Waals surface area contributed by atoms with Gasteiger partial charge in [-0.15, -0.1) is 0 Å². The number of nitrogens with one attached hydrogen (secondary N) is 2. The number of hydrogen-bond acceptors (Lipinski definition) is 6. The topological polar surface area (TPSA) is 77.4 Å². The summed E-state index contributed by atoms with van der Waals surface area (Å²) in [5.41, 5.74) is 3.52. The van der Waals surface area contributed by atoms with E-state index in [1.165, 1.54) is 6.07 Å². The Balaban J connectivity index is 1.31. The maximum absolute atomic E-state index is 14.1. The van der Waals surface area contributed by atoms with E-state index in [4.69, 9.17) is 21.7 Å². The van der Waals surface area contributed by atoms with Crippen LogP contribution in [0.2, 0.25) is 0 Å². The standard InChI is InChI=1S/C30H29FN4O3S/c1-20-7-5-10-23(15-20)34-28(36)19-32-17-24-18-33-29-27(38-30(39)37-25-11-3-2-4-12-25)14-13-26(35(24)29)21-8-6-9-22(31)16-21/h2-12,15-16,18,26-27,32H,13-14,17,19H2,1H3,(H,34,36). The summed E-state index contributed by atoms with van der Waals surface area (Å²) in [5.74, 6) is 0.825. The fourth-order valence-corrected chi connectivity index (χ4v) is 5.02. The number of ether oxygens (including phenoxy) is 2. The zero-order chi connectivity index (χ0) is 27.2. The van der Waals surface area contributed by atoms with Crippen molar-refractivity contribution in [2.24, 2.45) is 0 Å². The molecule has 2 heterocycles. The zero-order valence-corrected chi connectivity index (χ0v) is 22.3. The van der Waals surface area contributed by atoms with Crippen LogP contribution in [0.4, 0.5) is 10.1 Å². The van der Waals surface area contributed by atoms with Crippen molar-refractivity contribution in [1.82, 2.24) is 14.9 Å². The van der Waals surface area contributed by atoms with Crippen molar-refractivity contribution in [3.63, 3.8) is 0 Å². The first-order valence-electron chi connectivity index (χ1n) is 12.8. The molecule has 39 heavy (non-hydrogen) atoms. The lowest BCUT2D eigenvalue weighted by molar-refractivity contribution is -0.115. The number of aromatic nitrogens is 2. The minimum atomic E-state index is -0.426. The molecular formula is C30H29FN4O3S. The first kappa shape index (κ1) is 26.5. The maximum atomic E-state index is 14.1. The van der Waals surface area contributed by atoms with Gasteiger partial charge in [-0.2, -0.15) is 0 Å². The van der Waals surface area contributed by atoms with Crippen LogP contribution in [-0.2, 0) is 16.1 Å². The fourth-order valence-electron chi connectivity index (χ4n) is 4.81. The molecule has 2 N–H and O–H groups in total. The van der Waals surface area contributed by atoms with Gasteiger partial charge in [0.25, 0.3) is 0 Å². The smallest absolute Gasteiger partial charge is 0.358 e. The van der Waals surface area contributed by atoms with E-state index in [9.17, 15) is 9.18 Å². The van der Waals surface area contributed by atoms with Gasteiger partial charge in [0.1, 0.15) is 11.6 Å². The number of carbonyl (C=O) groups excluding carboxylic acids is 1. The molecule has 0 aliphatic carbocycles. The molecule has 9 heteroatoms. The van der Waals surface area contributed by atoms with Crippen molar-refractivity contribution in [3.8, 4) is 5.75 Å². The summed E-state index contributed by atoms with van der Waals surface area (Å²) in [6.07, 6.45) is 2.65. The number of fused-ring (bicyclic) bond motifs is 1. The van der Waals surface area contributed by atoms with Crippen molar-refractivity contribution < 1.29 is 18.7 Å². The molecule has 200 valence electrons. The number of rotatable bonds is 8. The van der Waals surface area contributed by atoms with Crippen LogP contribution in [0.1, 0.15) is 47.6 Å². The summed E-state index contributed by atoms with van der Waals surface area (Å²) in [5, 5.41) is 6.12. The molecule has 7 nitrogen and oxygen atoms in total. The first-order chi connectivity index (χ1) is 19.0. The Morgan fingerprint density at radius 2 is 1.90 bits per heavy atom. The number of amides is 1. The van der Waals surface area contributed by atoms with E-state index >= 15 is 0 Å². The number of para-hydroxylation sites is 1. The number of nitrogens with zero attached hydrogens (tertiary/aromatic N) is 2. The molecule has 3 aromatic carbocycles. The monoisotopic (exact) mass is 544 g/mol. The second kappa shape index (κ2) is 12.2. The van der Waals surface area contributed by atoms with Gasteiger partial charge < -0.3 is 24.7 Å². The molecule has 0 saturated carbocycles. The number of halogens is 1. The highest BCUT2D eigenvalue weighted by Gasteiger charge is 2.33. The molecule has 5 rings (SSSR count). The summed E-state index contributed by atoms with van der Waals surface area (Å²) < 4.78 is 27.9. The van der Waals surface area contributed by atoms with Gasteiger partial charge in [0.05, 0.1) is 18.3 Å². The molecule has 0 saturated heterocycles. The predicted octanol–water partition coefficient (Wildman–Crippen LogP) is 5.86. The van der Waals surface area contributed by atoms with Gasteiger partial charge in [0, 0.05) is 30.6 Å². The molecule has 1 aromatic heterocycles. The van der Waals surface area contributed by atoms with Gasteiger partial charge in [-0.1, -0.05) is 42.5 Å². The van der Waals surface area contributed by atoms with E-state index < -0.39 is 6.10 Å². The molecule has 0 spiro atoms. The summed E-state index contributed by atoms with van der Waals surface area (Å²) in [6.45, 7) is 2.48. The lowest BCUT2D eigenvalue weighted by Gasteiger charge is -2.32. The van der Waals surface area contributed by atoms with Crippen LogP contribution in [0.5, 0.6) is 5.75 Å². The number of aryl methyl sites for hydroxylation is 1. The lowest BCUT2D eigenvalue weighted by atomic mass is 9.95. The van der Waals surface area contributed by atoms with E-state index in [-0.39, 0.29) is 29.5 Å². The van der Waals surface area contributed by atoms with Gasteiger partial charge in [-0.05, 0) is 67.3 Å². The Kier molecular flexibility index (Phi) is 8.29. The van der Waals surface area contributed by atoms with Crippen molar-refractivity contribution >= 4 is 29.0 Å². The van der Waals surface area contributed by atoms with Crippen LogP contribution in [0.3, 0.4) is 0 Å². The molecule has 1 aliphatic rings. The van der Waals surface area contributed by atoms with Crippen LogP contribution in [0.15, 0.2) is 85.1 Å². The minimum Gasteiger partial charge on any atom is -0.445 e. The molecule has 4 aromatic rings. The Morgan fingerprint density at radius 1 is 1.08 bits per heavy atom. The molecule has 0 bridgehead atoms. The highest BCUT2D eigenvalue weighted by Crippen LogP contribution is 2.39. The normalized spacial score (nSPS) is 16.3. The predicted molar refractivity (Wildman–Crippen MR) is 151 cm³/mol. The Labute approximate surface area is 232 Å². The van der Waals surface area contributed by atoms with Crippen LogP contribution >= 0.6 is 12.2 Å². The lowest BCUT2D eigenvalue weighted by Crippen LogP contribution is -2.31. The third-order valence-corrected chi connectivity index (χ3v) is 6.69. The van der Waals surface area contributed by atoms with Crippen LogP contribution in [-0.4, -0.2) is 27.2 Å². The SMILES string of the molecule is Cc1cccc(NC(=O)CNCc2cnc3n2C(c2cccc(F)c2)CCC3OC(=S)Oc2ccccc2)c1. The largest absolute Gasteiger partial charge is 0.445 e. The highest BCUT2D eigenvalue weighted by atomic mass is 32.1. The number of benzene rings is 3. The number of anilines is 1. The number of hydrogen-bond donors (Lipinski definition) is 2. The minimum absolute atomic E-state index is 0.0115. The molecule has 2 atom stereocenters. The van der Waals surface area contributed by atoms with E-state index in [1.54, 1.807) is 30.5 Å². The number of carbonyl (C=O) groups is 1. The third-order valence-electron chi connectivity index (χ3n) is 6.51. The number of imidazole rings is 1. The summed E-state index contributed by atoms with van der Waals surface area (Å²) >= 11 is 5.37. The van der Waals surface area contributed by atoms with Crippen molar-refractivity contribution in [1.29, 1.82) is 0 Å². The number of thiocarbonyl (C=S) groups is 1. The van der Waals surface area contributed by atoms with Gasteiger partial charge in [0.2, 0.25) is 5.91 Å². The van der Waals surface area contributed by atoms with Crippen LogP contribution in [0.25, 0.3) is 0 Å². The van der Waals surface area contributed by atoms with Crippen molar-refractivity contribution in [3.05, 3.63) is 114 Å². The zero-order valence-electron chi connectivity index (χ0n) is 21.5. The Hall–Kier alpha value is -4.08. The molecule has 1 aliphatic heterocycles. The first-order valence-corrected chi connectivity index (χ1v) is 13.2. The molecule has 2 unspecified atom stereocenters. The Morgan fingerprint density at radius 3 is 2.69 bits per heavy atom. The average molecular weight is 545 g/mol.